The summed E-state index contributed by atoms with van der Waals surface area (Å²) in [5, 5.41) is 37.0. The van der Waals surface area contributed by atoms with Crippen molar-refractivity contribution in [3.8, 4) is 11.5 Å². The fraction of sp³-hybridized carbons (Fsp3) is 0.308. The number of nitrogens with one attached hydrogen (secondary N) is 2. The van der Waals surface area contributed by atoms with E-state index in [1.165, 1.54) is 17.7 Å². The smallest absolute Gasteiger partial charge is 0.347 e. The van der Waals surface area contributed by atoms with E-state index in [0.29, 0.717) is 60.5 Å². The molecule has 2 atom stereocenters. The molecule has 1 aromatic heterocycles. The maximum absolute atomic E-state index is 13.9. The van der Waals surface area contributed by atoms with Crippen LogP contribution in [0.25, 0.3) is 10.9 Å². The molecule has 0 radical (unpaired) electrons. The quantitative estimate of drug-likeness (QED) is 0.0814. The van der Waals surface area contributed by atoms with E-state index in [0.717, 1.165) is 38.0 Å². The van der Waals surface area contributed by atoms with E-state index in [1.54, 1.807) is 82.6 Å². The number of aromatic amines is 1. The molecule has 2 amide bonds. The maximum Gasteiger partial charge on any atom is 0.347 e. The predicted molar refractivity (Wildman–Crippen MR) is 249 cm³/mol. The molecule has 0 bridgehead atoms. The van der Waals surface area contributed by atoms with Gasteiger partial charge in [0.15, 0.2) is 6.61 Å². The Bertz CT molecular complexity index is 2660. The Morgan fingerprint density at radius 3 is 2.17 bits per heavy atom. The highest BCUT2D eigenvalue weighted by atomic mass is 16.5. The molecule has 5 aromatic carbocycles. The summed E-state index contributed by atoms with van der Waals surface area (Å²) < 4.78 is 11.8. The number of fused-ring (bicyclic) bond motifs is 1. The van der Waals surface area contributed by atoms with Gasteiger partial charge >= 0.3 is 5.97 Å². The van der Waals surface area contributed by atoms with Crippen molar-refractivity contribution in [1.29, 1.82) is 0 Å². The molecule has 1 unspecified atom stereocenters. The highest BCUT2D eigenvalue weighted by Gasteiger charge is 2.42. The summed E-state index contributed by atoms with van der Waals surface area (Å²) in [6, 6.07) is 38.8. The van der Waals surface area contributed by atoms with Gasteiger partial charge in [0.2, 0.25) is 11.2 Å². The highest BCUT2D eigenvalue weighted by molar-refractivity contribution is 5.94. The molecule has 342 valence electrons. The standard InChI is InChI=1S/C52H55N5O9/c58-45-20-18-43(44-19-21-47(60)54-49(44)45)46(59)32-53-31-36-14-16-39(17-15-36)50(62)57-28-26-56(27-29-57)48(61)35-65-42-13-7-12-41(30-42)52(64,40-10-5-2-6-11-40)51(63)66-34-38-22-24-55(25-23-38)33-37-8-3-1-4-9-37/h1-21,30,38,46,53,58-59,64H,22-29,31-35H2,(H,54,60)/t46-,52?/m0/s1. The third kappa shape index (κ3) is 10.8. The molecule has 6 aromatic rings. The number of phenols is 1. The third-order valence-corrected chi connectivity index (χ3v) is 12.6. The van der Waals surface area contributed by atoms with Gasteiger partial charge in [-0.05, 0) is 90.5 Å². The molecule has 0 saturated carbocycles. The Balaban J connectivity index is 0.796. The number of hydrogen-bond acceptors (Lipinski definition) is 11. The van der Waals surface area contributed by atoms with E-state index in [9.17, 15) is 34.5 Å². The molecule has 8 rings (SSSR count). The lowest BCUT2D eigenvalue weighted by Crippen LogP contribution is -2.51. The van der Waals surface area contributed by atoms with Crippen LogP contribution in [0.4, 0.5) is 0 Å². The van der Waals surface area contributed by atoms with E-state index in [1.807, 2.05) is 36.4 Å². The Hall–Kier alpha value is -6.84. The van der Waals surface area contributed by atoms with E-state index in [-0.39, 0.29) is 59.9 Å². The number of hydrogen-bond donors (Lipinski definition) is 5. The maximum atomic E-state index is 13.9. The molecular weight excluding hydrogens is 839 g/mol. The minimum absolute atomic E-state index is 0.0742. The number of aliphatic hydroxyl groups excluding tert-OH is 1. The molecular formula is C52H55N5O9. The summed E-state index contributed by atoms with van der Waals surface area (Å²) in [4.78, 5) is 60.8. The average molecular weight is 894 g/mol. The number of aromatic hydroxyl groups is 1. The van der Waals surface area contributed by atoms with Crippen molar-refractivity contribution in [2.75, 3.05) is 59.0 Å². The van der Waals surface area contributed by atoms with Crippen LogP contribution < -0.4 is 15.6 Å². The number of pyridine rings is 1. The first kappa shape index (κ1) is 45.7. The second-order valence-electron chi connectivity index (χ2n) is 17.0. The molecule has 2 aliphatic heterocycles. The van der Waals surface area contributed by atoms with Crippen LogP contribution in [0.2, 0.25) is 0 Å². The number of likely N-dealkylation sites (tertiary alicyclic amines) is 1. The number of amides is 2. The lowest BCUT2D eigenvalue weighted by Gasteiger charge is -2.34. The van der Waals surface area contributed by atoms with E-state index < -0.39 is 17.7 Å². The SMILES string of the molecule is O=C(COc1cccc(C(O)(C(=O)OCC2CCN(Cc3ccccc3)CC2)c2ccccc2)c1)N1CCN(C(=O)c2ccc(CNC[C@H](O)c3ccc(O)c4[nH]c(=O)ccc34)cc2)CC1. The van der Waals surface area contributed by atoms with Crippen molar-refractivity contribution in [3.63, 3.8) is 0 Å². The molecule has 66 heavy (non-hydrogen) atoms. The third-order valence-electron chi connectivity index (χ3n) is 12.6. The van der Waals surface area contributed by atoms with Crippen LogP contribution >= 0.6 is 0 Å². The van der Waals surface area contributed by atoms with Crippen molar-refractivity contribution in [2.45, 2.75) is 37.6 Å². The number of carbonyl (C=O) groups excluding carboxylic acids is 3. The summed E-state index contributed by atoms with van der Waals surface area (Å²) in [5.74, 6) is -0.763. The van der Waals surface area contributed by atoms with E-state index in [4.69, 9.17) is 9.47 Å². The molecule has 2 fully saturated rings. The Morgan fingerprint density at radius 2 is 1.44 bits per heavy atom. The van der Waals surface area contributed by atoms with Gasteiger partial charge < -0.3 is 44.9 Å². The average Bonchev–Trinajstić information content (AvgIpc) is 3.36. The summed E-state index contributed by atoms with van der Waals surface area (Å²) in [6.45, 7) is 4.60. The number of nitrogens with zero attached hydrogens (tertiary/aromatic N) is 3. The zero-order valence-electron chi connectivity index (χ0n) is 36.7. The van der Waals surface area contributed by atoms with Gasteiger partial charge in [-0.2, -0.15) is 0 Å². The van der Waals surface area contributed by atoms with Crippen LogP contribution in [-0.4, -0.2) is 112 Å². The first-order valence-electron chi connectivity index (χ1n) is 22.4. The summed E-state index contributed by atoms with van der Waals surface area (Å²) in [5.41, 5.74) is 1.69. The number of piperazine rings is 1. The number of aromatic nitrogens is 1. The van der Waals surface area contributed by atoms with Crippen molar-refractivity contribution in [2.24, 2.45) is 5.92 Å². The Labute approximate surface area is 383 Å². The van der Waals surface area contributed by atoms with Gasteiger partial charge in [-0.3, -0.25) is 19.3 Å². The second-order valence-corrected chi connectivity index (χ2v) is 17.0. The zero-order valence-corrected chi connectivity index (χ0v) is 36.7. The van der Waals surface area contributed by atoms with E-state index in [2.05, 4.69) is 27.3 Å². The monoisotopic (exact) mass is 893 g/mol. The fourth-order valence-corrected chi connectivity index (χ4v) is 8.70. The molecule has 0 spiro atoms. The molecule has 14 heteroatoms. The minimum atomic E-state index is -2.11. The predicted octanol–water partition coefficient (Wildman–Crippen LogP) is 5.11. The fourth-order valence-electron chi connectivity index (χ4n) is 8.70. The minimum Gasteiger partial charge on any atom is -0.506 e. The molecule has 14 nitrogen and oxygen atoms in total. The summed E-state index contributed by atoms with van der Waals surface area (Å²) >= 11 is 0. The van der Waals surface area contributed by atoms with Gasteiger partial charge in [-0.1, -0.05) is 91.0 Å². The largest absolute Gasteiger partial charge is 0.506 e. The molecule has 2 aliphatic rings. The number of aliphatic hydroxyl groups is 2. The number of benzene rings is 5. The molecule has 3 heterocycles. The van der Waals surface area contributed by atoms with Crippen molar-refractivity contribution >= 4 is 28.7 Å². The van der Waals surface area contributed by atoms with Crippen LogP contribution in [0.15, 0.2) is 138 Å². The van der Waals surface area contributed by atoms with Crippen LogP contribution in [0, 0.1) is 5.92 Å². The summed E-state index contributed by atoms with van der Waals surface area (Å²) in [7, 11) is 0. The topological polar surface area (TPSA) is 185 Å². The number of rotatable bonds is 16. The van der Waals surface area contributed by atoms with Gasteiger partial charge in [0.1, 0.15) is 11.5 Å². The first-order valence-corrected chi connectivity index (χ1v) is 22.4. The molecule has 0 aliphatic carbocycles. The Morgan fingerprint density at radius 1 is 0.758 bits per heavy atom. The lowest BCUT2D eigenvalue weighted by molar-refractivity contribution is -0.164. The number of carbonyl (C=O) groups is 3. The number of ether oxygens (including phenoxy) is 2. The normalized spacial score (nSPS) is 16.1. The zero-order chi connectivity index (χ0) is 46.0. The second kappa shape index (κ2) is 21.0. The number of esters is 1. The van der Waals surface area contributed by atoms with Gasteiger partial charge in [0.05, 0.1) is 18.2 Å². The number of phenolic OH excluding ortho intramolecular Hbond substituents is 1. The first-order chi connectivity index (χ1) is 32.0. The Kier molecular flexibility index (Phi) is 14.5. The van der Waals surface area contributed by atoms with Crippen LogP contribution in [0.3, 0.4) is 0 Å². The summed E-state index contributed by atoms with van der Waals surface area (Å²) in [6.07, 6.45) is 0.858. The van der Waals surface area contributed by atoms with Gasteiger partial charge in [0.25, 0.3) is 11.8 Å². The van der Waals surface area contributed by atoms with Crippen LogP contribution in [-0.2, 0) is 33.0 Å². The van der Waals surface area contributed by atoms with Crippen molar-refractivity contribution < 1.29 is 39.2 Å². The highest BCUT2D eigenvalue weighted by Crippen LogP contribution is 2.34. The van der Waals surface area contributed by atoms with Gasteiger partial charge in [0, 0.05) is 68.4 Å². The molecule has 5 N–H and O–H groups in total. The van der Waals surface area contributed by atoms with Crippen molar-refractivity contribution in [3.05, 3.63) is 177 Å². The van der Waals surface area contributed by atoms with Crippen LogP contribution in [0.1, 0.15) is 57.1 Å². The van der Waals surface area contributed by atoms with Gasteiger partial charge in [-0.15, -0.1) is 0 Å². The van der Waals surface area contributed by atoms with Gasteiger partial charge in [-0.25, -0.2) is 4.79 Å². The number of piperidine rings is 1. The lowest BCUT2D eigenvalue weighted by atomic mass is 9.86. The number of H-pyrrole nitrogens is 1. The molecule has 2 saturated heterocycles. The van der Waals surface area contributed by atoms with Crippen molar-refractivity contribution in [1.82, 2.24) is 25.0 Å². The van der Waals surface area contributed by atoms with Crippen LogP contribution in [0.5, 0.6) is 11.5 Å². The van der Waals surface area contributed by atoms with E-state index >= 15 is 0 Å².